The van der Waals surface area contributed by atoms with Crippen LogP contribution in [0, 0.1) is 0 Å². The van der Waals surface area contributed by atoms with Gasteiger partial charge in [0.2, 0.25) is 0 Å². The maximum Gasteiger partial charge on any atom is 0.416 e. The zero-order valence-corrected chi connectivity index (χ0v) is 19.8. The molecule has 0 radical (unpaired) electrons. The van der Waals surface area contributed by atoms with Gasteiger partial charge in [-0.25, -0.2) is 4.79 Å². The van der Waals surface area contributed by atoms with Gasteiger partial charge in [0.15, 0.2) is 5.69 Å². The first-order chi connectivity index (χ1) is 16.6. The number of amides is 2. The predicted molar refractivity (Wildman–Crippen MR) is 122 cm³/mol. The molecule has 0 spiro atoms. The highest BCUT2D eigenvalue weighted by molar-refractivity contribution is 5.92. The Morgan fingerprint density at radius 2 is 1.71 bits per heavy atom. The average molecular weight is 495 g/mol. The Hall–Kier alpha value is -3.12. The second-order valence-electron chi connectivity index (χ2n) is 8.83. The Balaban J connectivity index is 1.41. The molecule has 12 heteroatoms. The molecule has 35 heavy (non-hydrogen) atoms. The monoisotopic (exact) mass is 494 g/mol. The van der Waals surface area contributed by atoms with Gasteiger partial charge in [0.1, 0.15) is 0 Å². The third kappa shape index (κ3) is 5.76. The van der Waals surface area contributed by atoms with Crippen LogP contribution in [-0.4, -0.2) is 103 Å². The number of morpholine rings is 1. The van der Waals surface area contributed by atoms with E-state index >= 15 is 0 Å². The number of halogens is 3. The van der Waals surface area contributed by atoms with E-state index < -0.39 is 11.7 Å². The van der Waals surface area contributed by atoms with Crippen molar-refractivity contribution in [3.05, 3.63) is 47.3 Å². The van der Waals surface area contributed by atoms with E-state index in [0.717, 1.165) is 11.6 Å². The van der Waals surface area contributed by atoms with E-state index in [1.807, 2.05) is 4.90 Å². The number of benzene rings is 1. The average Bonchev–Trinajstić information content (AvgIpc) is 3.34. The fourth-order valence-corrected chi connectivity index (χ4v) is 4.23. The number of hydrogen-bond donors (Lipinski definition) is 0. The molecule has 1 aromatic heterocycles. The second kappa shape index (κ2) is 10.2. The molecule has 0 unspecified atom stereocenters. The lowest BCUT2D eigenvalue weighted by Gasteiger charge is -2.36. The van der Waals surface area contributed by atoms with Crippen molar-refractivity contribution in [1.29, 1.82) is 0 Å². The van der Waals surface area contributed by atoms with Gasteiger partial charge in [0, 0.05) is 71.8 Å². The Bertz CT molecular complexity index is 1060. The van der Waals surface area contributed by atoms with Crippen LogP contribution in [0.2, 0.25) is 0 Å². The van der Waals surface area contributed by atoms with Crippen LogP contribution in [0.15, 0.2) is 30.5 Å². The number of ether oxygens (including phenoxy) is 1. The lowest BCUT2D eigenvalue weighted by atomic mass is 10.1. The molecule has 1 aromatic carbocycles. The summed E-state index contributed by atoms with van der Waals surface area (Å²) >= 11 is 0. The van der Waals surface area contributed by atoms with E-state index in [1.54, 1.807) is 25.1 Å². The van der Waals surface area contributed by atoms with Gasteiger partial charge < -0.3 is 19.4 Å². The van der Waals surface area contributed by atoms with Crippen LogP contribution in [-0.2, 0) is 17.5 Å². The normalized spacial score (nSPS) is 17.5. The third-order valence-electron chi connectivity index (χ3n) is 6.21. The highest BCUT2D eigenvalue weighted by atomic mass is 19.4. The molecule has 2 aliphatic heterocycles. The van der Waals surface area contributed by atoms with Crippen molar-refractivity contribution in [3.8, 4) is 0 Å². The van der Waals surface area contributed by atoms with Crippen LogP contribution in [0.25, 0.3) is 0 Å². The Labute approximate surface area is 201 Å². The van der Waals surface area contributed by atoms with Crippen LogP contribution >= 0.6 is 0 Å². The molecule has 0 bridgehead atoms. The smallest absolute Gasteiger partial charge is 0.378 e. The largest absolute Gasteiger partial charge is 0.416 e. The zero-order chi connectivity index (χ0) is 25.2. The van der Waals surface area contributed by atoms with Crippen molar-refractivity contribution < 1.29 is 27.5 Å². The number of rotatable bonds is 4. The Morgan fingerprint density at radius 1 is 1.03 bits per heavy atom. The van der Waals surface area contributed by atoms with Crippen molar-refractivity contribution in [2.45, 2.75) is 12.7 Å². The summed E-state index contributed by atoms with van der Waals surface area (Å²) in [6, 6.07) is 5.10. The number of hydrogen-bond acceptors (Lipinski definition) is 6. The van der Waals surface area contributed by atoms with Gasteiger partial charge in [-0.05, 0) is 23.8 Å². The van der Waals surface area contributed by atoms with Gasteiger partial charge in [0.25, 0.3) is 5.91 Å². The molecule has 0 N–H and O–H groups in total. The summed E-state index contributed by atoms with van der Waals surface area (Å²) in [6.07, 6.45) is -2.93. The number of carbonyl (C=O) groups excluding carboxylic acids is 2. The van der Waals surface area contributed by atoms with Crippen LogP contribution in [0.5, 0.6) is 0 Å². The van der Waals surface area contributed by atoms with Crippen LogP contribution in [0.4, 0.5) is 23.7 Å². The Morgan fingerprint density at radius 3 is 2.34 bits per heavy atom. The van der Waals surface area contributed by atoms with Crippen LogP contribution < -0.4 is 4.90 Å². The van der Waals surface area contributed by atoms with E-state index in [1.165, 1.54) is 27.9 Å². The van der Waals surface area contributed by atoms with E-state index in [4.69, 9.17) is 4.74 Å². The molecule has 0 saturated carbocycles. The second-order valence-corrected chi connectivity index (χ2v) is 8.83. The number of anilines is 1. The van der Waals surface area contributed by atoms with Crippen molar-refractivity contribution >= 4 is 17.6 Å². The highest BCUT2D eigenvalue weighted by Crippen LogP contribution is 2.34. The van der Waals surface area contributed by atoms with Gasteiger partial charge in [-0.15, -0.1) is 0 Å². The summed E-state index contributed by atoms with van der Waals surface area (Å²) < 4.78 is 46.6. The minimum Gasteiger partial charge on any atom is -0.378 e. The molecule has 0 atom stereocenters. The molecular formula is C23H29F3N6O3. The van der Waals surface area contributed by atoms with E-state index in [-0.39, 0.29) is 17.6 Å². The van der Waals surface area contributed by atoms with Crippen molar-refractivity contribution in [1.82, 2.24) is 24.5 Å². The van der Waals surface area contributed by atoms with Gasteiger partial charge in [-0.1, -0.05) is 6.07 Å². The molecule has 4 rings (SSSR count). The first-order valence-corrected chi connectivity index (χ1v) is 11.5. The summed E-state index contributed by atoms with van der Waals surface area (Å²) in [5.41, 5.74) is 0.930. The number of nitrogens with zero attached hydrogens (tertiary/aromatic N) is 6. The van der Waals surface area contributed by atoms with Gasteiger partial charge >= 0.3 is 12.2 Å². The van der Waals surface area contributed by atoms with Gasteiger partial charge in [0.05, 0.1) is 18.8 Å². The first kappa shape index (κ1) is 25.0. The zero-order valence-electron chi connectivity index (χ0n) is 19.8. The van der Waals surface area contributed by atoms with Crippen LogP contribution in [0.3, 0.4) is 0 Å². The van der Waals surface area contributed by atoms with Crippen LogP contribution in [0.1, 0.15) is 21.6 Å². The minimum atomic E-state index is -4.41. The molecule has 2 amide bonds. The fraction of sp³-hybridized carbons (Fsp3) is 0.522. The summed E-state index contributed by atoms with van der Waals surface area (Å²) in [6.45, 7) is 4.55. The summed E-state index contributed by atoms with van der Waals surface area (Å²) in [7, 11) is 3.23. The topological polar surface area (TPSA) is 74.2 Å². The fourth-order valence-electron chi connectivity index (χ4n) is 4.23. The lowest BCUT2D eigenvalue weighted by Crippen LogP contribution is -2.49. The highest BCUT2D eigenvalue weighted by Gasteiger charge is 2.32. The molecule has 2 aromatic rings. The van der Waals surface area contributed by atoms with Gasteiger partial charge in [-0.3, -0.25) is 9.69 Å². The minimum absolute atomic E-state index is 0.194. The molecular weight excluding hydrogens is 465 g/mol. The van der Waals surface area contributed by atoms with Crippen molar-refractivity contribution in [2.75, 3.05) is 71.5 Å². The summed E-state index contributed by atoms with van der Waals surface area (Å²) in [5, 5.41) is 4.10. The maximum absolute atomic E-state index is 13.3. The molecule has 0 aliphatic carbocycles. The van der Waals surface area contributed by atoms with E-state index in [9.17, 15) is 22.8 Å². The number of aromatic nitrogens is 2. The molecule has 9 nitrogen and oxygen atoms in total. The third-order valence-corrected chi connectivity index (χ3v) is 6.21. The quantitative estimate of drug-likeness (QED) is 0.649. The van der Waals surface area contributed by atoms with Crippen molar-refractivity contribution in [3.63, 3.8) is 0 Å². The maximum atomic E-state index is 13.3. The number of carbonyl (C=O) groups is 2. The van der Waals surface area contributed by atoms with E-state index in [2.05, 4.69) is 10.00 Å². The van der Waals surface area contributed by atoms with Gasteiger partial charge in [-0.2, -0.15) is 23.0 Å². The first-order valence-electron chi connectivity index (χ1n) is 11.5. The SMILES string of the molecule is CN(C)C(=O)c1ccn(C(=O)N2CCN(Cc3ccc(C(F)(F)F)cc3N3CCOCC3)CC2)n1. The van der Waals surface area contributed by atoms with E-state index in [0.29, 0.717) is 64.7 Å². The molecule has 190 valence electrons. The molecule has 2 aliphatic rings. The molecule has 3 heterocycles. The summed E-state index contributed by atoms with van der Waals surface area (Å²) in [4.78, 5) is 32.0. The predicted octanol–water partition coefficient (Wildman–Crippen LogP) is 2.23. The molecule has 2 fully saturated rings. The van der Waals surface area contributed by atoms with Crippen molar-refractivity contribution in [2.24, 2.45) is 0 Å². The lowest BCUT2D eigenvalue weighted by molar-refractivity contribution is -0.137. The number of alkyl halides is 3. The summed E-state index contributed by atoms with van der Waals surface area (Å²) in [5.74, 6) is -0.283. The molecule has 2 saturated heterocycles. The Kier molecular flexibility index (Phi) is 7.31. The number of piperazine rings is 1. The standard InChI is InChI=1S/C23H29F3N6O3/c1-28(2)21(33)19-5-6-32(27-19)22(34)31-9-7-29(8-10-31)16-17-3-4-18(23(24,25)26)15-20(17)30-11-13-35-14-12-30/h3-6,15H,7-14,16H2,1-2H3.